The number of amidine groups is 1. The van der Waals surface area contributed by atoms with E-state index in [1.807, 2.05) is 37.3 Å². The summed E-state index contributed by atoms with van der Waals surface area (Å²) in [6.07, 6.45) is 1.74. The lowest BCUT2D eigenvalue weighted by molar-refractivity contribution is -0.384. The molecule has 3 rings (SSSR count). The minimum atomic E-state index is -0.581. The van der Waals surface area contributed by atoms with Crippen LogP contribution in [0.2, 0.25) is 0 Å². The second kappa shape index (κ2) is 10.0. The first-order valence-electron chi connectivity index (χ1n) is 9.64. The number of nitro groups is 1. The van der Waals surface area contributed by atoms with Gasteiger partial charge in [-0.1, -0.05) is 49.4 Å². The standard InChI is InChI=1S/C21H22N4O4S/c1-2-3-12-24-20(27)18(30-21(24)23-15-8-5-4-6-9-15)14-19(26)22-16-10-7-11-17(13-16)25(28)29/h4-11,13,18H,2-3,12,14H2,1H3,(H,22,26). The first kappa shape index (κ1) is 21.5. The van der Waals surface area contributed by atoms with E-state index in [9.17, 15) is 19.7 Å². The molecule has 1 atom stereocenters. The van der Waals surface area contributed by atoms with Crippen molar-refractivity contribution in [2.24, 2.45) is 4.99 Å². The van der Waals surface area contributed by atoms with Crippen molar-refractivity contribution >= 4 is 45.8 Å². The Kier molecular flexibility index (Phi) is 7.18. The highest BCUT2D eigenvalue weighted by atomic mass is 32.2. The summed E-state index contributed by atoms with van der Waals surface area (Å²) >= 11 is 1.28. The summed E-state index contributed by atoms with van der Waals surface area (Å²) in [6, 6.07) is 15.1. The van der Waals surface area contributed by atoms with Gasteiger partial charge in [-0.2, -0.15) is 0 Å². The van der Waals surface area contributed by atoms with Gasteiger partial charge in [0.15, 0.2) is 5.17 Å². The van der Waals surface area contributed by atoms with Gasteiger partial charge in [0.2, 0.25) is 11.8 Å². The van der Waals surface area contributed by atoms with Crippen molar-refractivity contribution in [2.45, 2.75) is 31.4 Å². The average molecular weight is 426 g/mol. The third-order valence-corrected chi connectivity index (χ3v) is 5.62. The molecule has 2 aromatic carbocycles. The van der Waals surface area contributed by atoms with Crippen molar-refractivity contribution in [3.8, 4) is 0 Å². The van der Waals surface area contributed by atoms with E-state index < -0.39 is 10.2 Å². The van der Waals surface area contributed by atoms with E-state index in [0.29, 0.717) is 17.4 Å². The molecule has 1 heterocycles. The van der Waals surface area contributed by atoms with Gasteiger partial charge in [0.25, 0.3) is 5.69 Å². The van der Waals surface area contributed by atoms with E-state index in [-0.39, 0.29) is 23.9 Å². The van der Waals surface area contributed by atoms with Gasteiger partial charge < -0.3 is 5.32 Å². The largest absolute Gasteiger partial charge is 0.326 e. The number of nitrogens with one attached hydrogen (secondary N) is 1. The molecule has 1 aliphatic rings. The van der Waals surface area contributed by atoms with Crippen LogP contribution in [-0.4, -0.2) is 38.6 Å². The van der Waals surface area contributed by atoms with Crippen molar-refractivity contribution in [3.63, 3.8) is 0 Å². The third-order valence-electron chi connectivity index (χ3n) is 4.45. The van der Waals surface area contributed by atoms with Crippen LogP contribution in [0.1, 0.15) is 26.2 Å². The van der Waals surface area contributed by atoms with Gasteiger partial charge in [-0.3, -0.25) is 24.6 Å². The Bertz CT molecular complexity index is 964. The summed E-state index contributed by atoms with van der Waals surface area (Å²) in [5, 5.41) is 13.5. The number of anilines is 1. The fraction of sp³-hybridized carbons (Fsp3) is 0.286. The zero-order valence-corrected chi connectivity index (χ0v) is 17.3. The number of benzene rings is 2. The van der Waals surface area contributed by atoms with Gasteiger partial charge in [-0.25, -0.2) is 4.99 Å². The highest BCUT2D eigenvalue weighted by Gasteiger charge is 2.38. The topological polar surface area (TPSA) is 105 Å². The zero-order chi connectivity index (χ0) is 21.5. The molecule has 9 heteroatoms. The molecule has 30 heavy (non-hydrogen) atoms. The fourth-order valence-corrected chi connectivity index (χ4v) is 4.12. The number of para-hydroxylation sites is 1. The number of thioether (sulfide) groups is 1. The van der Waals surface area contributed by atoms with E-state index in [0.717, 1.165) is 18.5 Å². The summed E-state index contributed by atoms with van der Waals surface area (Å²) in [6.45, 7) is 2.60. The van der Waals surface area contributed by atoms with Crippen molar-refractivity contribution in [1.82, 2.24) is 4.90 Å². The lowest BCUT2D eigenvalue weighted by atomic mass is 10.2. The number of carbonyl (C=O) groups excluding carboxylic acids is 2. The number of carbonyl (C=O) groups is 2. The molecule has 0 spiro atoms. The molecule has 0 aliphatic carbocycles. The smallest absolute Gasteiger partial charge is 0.271 e. The highest BCUT2D eigenvalue weighted by molar-refractivity contribution is 8.15. The molecule has 8 nitrogen and oxygen atoms in total. The SMILES string of the molecule is CCCCN1C(=O)C(CC(=O)Nc2cccc([N+](=O)[O-])c2)SC1=Nc1ccccc1. The number of aliphatic imine (C=N–C) groups is 1. The number of nitro benzene ring substituents is 1. The van der Waals surface area contributed by atoms with Crippen LogP contribution in [0.15, 0.2) is 59.6 Å². The van der Waals surface area contributed by atoms with Crippen molar-refractivity contribution in [2.75, 3.05) is 11.9 Å². The summed E-state index contributed by atoms with van der Waals surface area (Å²) < 4.78 is 0. The zero-order valence-electron chi connectivity index (χ0n) is 16.5. The van der Waals surface area contributed by atoms with Gasteiger partial charge in [0.1, 0.15) is 5.25 Å². The normalized spacial score (nSPS) is 17.4. The molecule has 156 valence electrons. The summed E-state index contributed by atoms with van der Waals surface area (Å²) in [5.74, 6) is -0.518. The summed E-state index contributed by atoms with van der Waals surface area (Å²) in [5.41, 5.74) is 0.962. The Morgan fingerprint density at radius 2 is 2.00 bits per heavy atom. The van der Waals surface area contributed by atoms with Crippen molar-refractivity contribution in [3.05, 3.63) is 64.7 Å². The van der Waals surface area contributed by atoms with Gasteiger partial charge in [0.05, 0.1) is 10.6 Å². The molecule has 0 bridgehead atoms. The predicted octanol–water partition coefficient (Wildman–Crippen LogP) is 4.36. The Hall–Kier alpha value is -3.20. The predicted molar refractivity (Wildman–Crippen MR) is 118 cm³/mol. The maximum absolute atomic E-state index is 12.9. The molecular formula is C21H22N4O4S. The minimum absolute atomic E-state index is 0.0391. The molecule has 2 amide bonds. The van der Waals surface area contributed by atoms with Crippen LogP contribution < -0.4 is 5.32 Å². The second-order valence-electron chi connectivity index (χ2n) is 6.74. The van der Waals surface area contributed by atoms with E-state index in [4.69, 9.17) is 0 Å². The molecule has 1 unspecified atom stereocenters. The maximum Gasteiger partial charge on any atom is 0.271 e. The molecule has 1 saturated heterocycles. The number of hydrogen-bond donors (Lipinski definition) is 1. The molecular weight excluding hydrogens is 404 g/mol. The number of rotatable bonds is 8. The van der Waals surface area contributed by atoms with Crippen LogP contribution in [0.5, 0.6) is 0 Å². The van der Waals surface area contributed by atoms with Crippen LogP contribution >= 0.6 is 11.8 Å². The van der Waals surface area contributed by atoms with E-state index in [2.05, 4.69) is 10.3 Å². The van der Waals surface area contributed by atoms with Gasteiger partial charge >= 0.3 is 0 Å². The second-order valence-corrected chi connectivity index (χ2v) is 7.91. The monoisotopic (exact) mass is 426 g/mol. The summed E-state index contributed by atoms with van der Waals surface area (Å²) in [4.78, 5) is 42.0. The van der Waals surface area contributed by atoms with E-state index >= 15 is 0 Å². The lowest BCUT2D eigenvalue weighted by Gasteiger charge is -2.15. The minimum Gasteiger partial charge on any atom is -0.326 e. The quantitative estimate of drug-likeness (QED) is 0.499. The van der Waals surface area contributed by atoms with Gasteiger partial charge in [-0.15, -0.1) is 0 Å². The first-order valence-corrected chi connectivity index (χ1v) is 10.5. The van der Waals surface area contributed by atoms with Crippen molar-refractivity contribution < 1.29 is 14.5 Å². The molecule has 0 radical (unpaired) electrons. The van der Waals surface area contributed by atoms with E-state index in [1.165, 1.54) is 30.0 Å². The van der Waals surface area contributed by atoms with Crippen LogP contribution in [0.25, 0.3) is 0 Å². The van der Waals surface area contributed by atoms with Crippen LogP contribution in [-0.2, 0) is 9.59 Å². The number of amides is 2. The third kappa shape index (κ3) is 5.44. The summed E-state index contributed by atoms with van der Waals surface area (Å²) in [7, 11) is 0. The van der Waals surface area contributed by atoms with Gasteiger partial charge in [0, 0.05) is 30.8 Å². The van der Waals surface area contributed by atoms with Gasteiger partial charge in [-0.05, 0) is 24.6 Å². The molecule has 1 N–H and O–H groups in total. The highest BCUT2D eigenvalue weighted by Crippen LogP contribution is 2.32. The first-order chi connectivity index (χ1) is 14.5. The Morgan fingerprint density at radius 3 is 2.70 bits per heavy atom. The molecule has 2 aromatic rings. The van der Waals surface area contributed by atoms with Crippen LogP contribution in [0.4, 0.5) is 17.1 Å². The molecule has 1 fully saturated rings. The Morgan fingerprint density at radius 1 is 1.23 bits per heavy atom. The van der Waals surface area contributed by atoms with E-state index in [1.54, 1.807) is 11.0 Å². The van der Waals surface area contributed by atoms with Crippen molar-refractivity contribution in [1.29, 1.82) is 0 Å². The molecule has 0 saturated carbocycles. The Labute approximate surface area is 178 Å². The molecule has 1 aliphatic heterocycles. The number of nitrogens with zero attached hydrogens (tertiary/aromatic N) is 3. The number of hydrogen-bond acceptors (Lipinski definition) is 6. The number of unbranched alkanes of at least 4 members (excludes halogenated alkanes) is 1. The molecule has 0 aromatic heterocycles. The average Bonchev–Trinajstić information content (AvgIpc) is 3.01. The van der Waals surface area contributed by atoms with Crippen LogP contribution in [0.3, 0.4) is 0 Å². The maximum atomic E-state index is 12.9. The fourth-order valence-electron chi connectivity index (χ4n) is 2.94. The lowest BCUT2D eigenvalue weighted by Crippen LogP contribution is -2.34. The number of non-ortho nitro benzene ring substituents is 1. The Balaban J connectivity index is 1.71. The van der Waals surface area contributed by atoms with Crippen LogP contribution in [0, 0.1) is 10.1 Å².